The monoisotopic (exact) mass is 354 g/mol. The SMILES string of the molecule is O=C1NC(=S)S/C1=C\c1cc(-c2cc3ccccc3cn2)cs1. The summed E-state index contributed by atoms with van der Waals surface area (Å²) >= 11 is 7.88. The number of hydrogen-bond acceptors (Lipinski definition) is 5. The van der Waals surface area contributed by atoms with E-state index >= 15 is 0 Å². The van der Waals surface area contributed by atoms with Crippen molar-refractivity contribution in [3.63, 3.8) is 0 Å². The molecule has 0 bridgehead atoms. The first-order chi connectivity index (χ1) is 11.2. The maximum absolute atomic E-state index is 11.7. The molecule has 4 rings (SSSR count). The highest BCUT2D eigenvalue weighted by Crippen LogP contribution is 2.31. The van der Waals surface area contributed by atoms with Crippen LogP contribution in [-0.4, -0.2) is 15.2 Å². The number of benzene rings is 1. The first kappa shape index (κ1) is 14.6. The Morgan fingerprint density at radius 2 is 2.00 bits per heavy atom. The molecule has 0 unspecified atom stereocenters. The van der Waals surface area contributed by atoms with E-state index in [4.69, 9.17) is 12.2 Å². The highest BCUT2D eigenvalue weighted by molar-refractivity contribution is 8.26. The van der Waals surface area contributed by atoms with E-state index in [1.54, 1.807) is 11.3 Å². The normalized spacial score (nSPS) is 16.3. The van der Waals surface area contributed by atoms with Gasteiger partial charge in [-0.05, 0) is 23.6 Å². The second-order valence-corrected chi connectivity index (χ2v) is 7.67. The summed E-state index contributed by atoms with van der Waals surface area (Å²) in [6.07, 6.45) is 3.76. The predicted molar refractivity (Wildman–Crippen MR) is 101 cm³/mol. The fraction of sp³-hybridized carbons (Fsp3) is 0. The lowest BCUT2D eigenvalue weighted by Crippen LogP contribution is -2.17. The molecule has 0 radical (unpaired) electrons. The number of carbonyl (C=O) groups excluding carboxylic acids is 1. The number of thiocarbonyl (C=S) groups is 1. The van der Waals surface area contributed by atoms with E-state index in [1.807, 2.05) is 36.5 Å². The molecule has 1 amide bonds. The molecule has 2 aromatic heterocycles. The average Bonchev–Trinajstić information content (AvgIpc) is 3.14. The molecule has 1 N–H and O–H groups in total. The standard InChI is InChI=1S/C17H10N2OS3/c20-16-15(23-17(21)19-16)7-13-5-12(9-22-13)14-6-10-3-1-2-4-11(10)8-18-14/h1-9H,(H,19,20,21)/b15-7-. The number of rotatable bonds is 2. The largest absolute Gasteiger partial charge is 0.307 e. The second kappa shape index (κ2) is 5.88. The van der Waals surface area contributed by atoms with Crippen molar-refractivity contribution in [1.29, 1.82) is 0 Å². The van der Waals surface area contributed by atoms with Gasteiger partial charge >= 0.3 is 0 Å². The van der Waals surface area contributed by atoms with Crippen molar-refractivity contribution in [3.8, 4) is 11.3 Å². The van der Waals surface area contributed by atoms with Crippen LogP contribution in [0.15, 0.2) is 52.9 Å². The van der Waals surface area contributed by atoms with Gasteiger partial charge in [-0.15, -0.1) is 11.3 Å². The molecule has 6 heteroatoms. The van der Waals surface area contributed by atoms with Gasteiger partial charge in [-0.3, -0.25) is 9.78 Å². The molecule has 0 spiro atoms. The quantitative estimate of drug-likeness (QED) is 0.545. The van der Waals surface area contributed by atoms with Gasteiger partial charge in [0.2, 0.25) is 0 Å². The molecular weight excluding hydrogens is 344 g/mol. The highest BCUT2D eigenvalue weighted by Gasteiger charge is 2.22. The van der Waals surface area contributed by atoms with Crippen molar-refractivity contribution in [1.82, 2.24) is 10.3 Å². The number of pyridine rings is 1. The molecule has 1 aliphatic rings. The molecule has 3 heterocycles. The van der Waals surface area contributed by atoms with Crippen molar-refractivity contribution >= 4 is 62.4 Å². The summed E-state index contributed by atoms with van der Waals surface area (Å²) in [5.74, 6) is -0.126. The van der Waals surface area contributed by atoms with Crippen LogP contribution in [0.1, 0.15) is 4.88 Å². The minimum Gasteiger partial charge on any atom is -0.307 e. The van der Waals surface area contributed by atoms with Crippen LogP contribution in [0, 0.1) is 0 Å². The summed E-state index contributed by atoms with van der Waals surface area (Å²) in [5, 5.41) is 6.97. The van der Waals surface area contributed by atoms with Crippen molar-refractivity contribution < 1.29 is 4.79 Å². The Balaban J connectivity index is 1.68. The van der Waals surface area contributed by atoms with Crippen LogP contribution in [0.4, 0.5) is 0 Å². The lowest BCUT2D eigenvalue weighted by molar-refractivity contribution is -0.115. The number of carbonyl (C=O) groups is 1. The topological polar surface area (TPSA) is 42.0 Å². The number of nitrogens with zero attached hydrogens (tertiary/aromatic N) is 1. The van der Waals surface area contributed by atoms with E-state index in [0.717, 1.165) is 21.5 Å². The fourth-order valence-corrected chi connectivity index (χ4v) is 4.30. The Labute approximate surface area is 146 Å². The van der Waals surface area contributed by atoms with Gasteiger partial charge in [0.25, 0.3) is 5.91 Å². The van der Waals surface area contributed by atoms with Crippen LogP contribution < -0.4 is 5.32 Å². The smallest absolute Gasteiger partial charge is 0.263 e. The van der Waals surface area contributed by atoms with Crippen molar-refractivity contribution in [2.75, 3.05) is 0 Å². The first-order valence-corrected chi connectivity index (χ1v) is 8.98. The van der Waals surface area contributed by atoms with Crippen LogP contribution in [-0.2, 0) is 4.79 Å². The lowest BCUT2D eigenvalue weighted by Gasteiger charge is -2.00. The predicted octanol–water partition coefficient (Wildman–Crippen LogP) is 4.45. The van der Waals surface area contributed by atoms with Gasteiger partial charge in [-0.2, -0.15) is 0 Å². The molecular formula is C17H10N2OS3. The van der Waals surface area contributed by atoms with Gasteiger partial charge in [0.15, 0.2) is 0 Å². The third kappa shape index (κ3) is 2.93. The van der Waals surface area contributed by atoms with Crippen LogP contribution >= 0.6 is 35.3 Å². The maximum Gasteiger partial charge on any atom is 0.263 e. The van der Waals surface area contributed by atoms with Crippen LogP contribution in [0.2, 0.25) is 0 Å². The number of nitrogens with one attached hydrogen (secondary N) is 1. The van der Waals surface area contributed by atoms with Gasteiger partial charge in [0.05, 0.1) is 10.6 Å². The van der Waals surface area contributed by atoms with Crippen molar-refractivity contribution in [2.45, 2.75) is 0 Å². The summed E-state index contributed by atoms with van der Waals surface area (Å²) in [5.41, 5.74) is 1.99. The number of aromatic nitrogens is 1. The molecule has 23 heavy (non-hydrogen) atoms. The molecule has 112 valence electrons. The second-order valence-electron chi connectivity index (χ2n) is 5.01. The number of thioether (sulfide) groups is 1. The van der Waals surface area contributed by atoms with Crippen LogP contribution in [0.5, 0.6) is 0 Å². The molecule has 0 atom stereocenters. The number of amides is 1. The van der Waals surface area contributed by atoms with E-state index in [-0.39, 0.29) is 5.91 Å². The summed E-state index contributed by atoms with van der Waals surface area (Å²) in [7, 11) is 0. The lowest BCUT2D eigenvalue weighted by atomic mass is 10.1. The Hall–Kier alpha value is -2.02. The van der Waals surface area contributed by atoms with E-state index in [0.29, 0.717) is 9.23 Å². The Bertz CT molecular complexity index is 975. The fourth-order valence-electron chi connectivity index (χ4n) is 2.35. The maximum atomic E-state index is 11.7. The molecule has 0 aliphatic carbocycles. The van der Waals surface area contributed by atoms with Crippen molar-refractivity contribution in [2.24, 2.45) is 0 Å². The molecule has 3 aromatic rings. The number of hydrogen-bond donors (Lipinski definition) is 1. The van der Waals surface area contributed by atoms with Gasteiger partial charge in [0.1, 0.15) is 4.32 Å². The summed E-state index contributed by atoms with van der Waals surface area (Å²) < 4.78 is 0.509. The van der Waals surface area contributed by atoms with E-state index in [1.165, 1.54) is 17.1 Å². The molecule has 1 fully saturated rings. The zero-order valence-electron chi connectivity index (χ0n) is 11.8. The third-order valence-corrected chi connectivity index (χ3v) is 5.50. The number of fused-ring (bicyclic) bond motifs is 1. The Morgan fingerprint density at radius 1 is 1.17 bits per heavy atom. The summed E-state index contributed by atoms with van der Waals surface area (Å²) in [6.45, 7) is 0. The molecule has 1 aromatic carbocycles. The van der Waals surface area contributed by atoms with Crippen LogP contribution in [0.3, 0.4) is 0 Å². The molecule has 1 saturated heterocycles. The van der Waals surface area contributed by atoms with E-state index < -0.39 is 0 Å². The van der Waals surface area contributed by atoms with Crippen molar-refractivity contribution in [3.05, 3.63) is 57.8 Å². The summed E-state index contributed by atoms with van der Waals surface area (Å²) in [6, 6.07) is 12.3. The molecule has 1 aliphatic heterocycles. The summed E-state index contributed by atoms with van der Waals surface area (Å²) in [4.78, 5) is 17.9. The van der Waals surface area contributed by atoms with Gasteiger partial charge in [-0.1, -0.05) is 48.2 Å². The first-order valence-electron chi connectivity index (χ1n) is 6.87. The van der Waals surface area contributed by atoms with Gasteiger partial charge < -0.3 is 5.32 Å². The Kier molecular flexibility index (Phi) is 3.72. The van der Waals surface area contributed by atoms with E-state index in [2.05, 4.69) is 27.8 Å². The minimum absolute atomic E-state index is 0.126. The molecule has 3 nitrogen and oxygen atoms in total. The van der Waals surface area contributed by atoms with Gasteiger partial charge in [0, 0.05) is 27.4 Å². The number of thiophene rings is 1. The zero-order valence-corrected chi connectivity index (χ0v) is 14.2. The Morgan fingerprint density at radius 3 is 2.78 bits per heavy atom. The average molecular weight is 354 g/mol. The van der Waals surface area contributed by atoms with Crippen LogP contribution in [0.25, 0.3) is 28.1 Å². The highest BCUT2D eigenvalue weighted by atomic mass is 32.2. The van der Waals surface area contributed by atoms with E-state index in [9.17, 15) is 4.79 Å². The molecule has 0 saturated carbocycles. The van der Waals surface area contributed by atoms with Gasteiger partial charge in [-0.25, -0.2) is 0 Å². The third-order valence-electron chi connectivity index (χ3n) is 3.46. The zero-order chi connectivity index (χ0) is 15.8. The minimum atomic E-state index is -0.126.